The van der Waals surface area contributed by atoms with Crippen LogP contribution < -0.4 is 0 Å². The van der Waals surface area contributed by atoms with Crippen molar-refractivity contribution in [3.8, 4) is 0 Å². The summed E-state index contributed by atoms with van der Waals surface area (Å²) >= 11 is 1.86. The summed E-state index contributed by atoms with van der Waals surface area (Å²) in [4.78, 5) is 15.1. The van der Waals surface area contributed by atoms with E-state index in [1.807, 2.05) is 28.8 Å². The van der Waals surface area contributed by atoms with Crippen LogP contribution in [-0.4, -0.2) is 23.1 Å². The maximum Gasteiger partial charge on any atom is 0.255 e. The van der Waals surface area contributed by atoms with Crippen LogP contribution in [0.5, 0.6) is 0 Å². The van der Waals surface area contributed by atoms with Gasteiger partial charge in [0.2, 0.25) is 0 Å². The van der Waals surface area contributed by atoms with E-state index in [-0.39, 0.29) is 11.3 Å². The maximum atomic E-state index is 13.1. The molecule has 2 aromatic carbocycles. The van der Waals surface area contributed by atoms with Crippen molar-refractivity contribution in [3.05, 3.63) is 70.8 Å². The number of hydrogen-bond donors (Lipinski definition) is 0. The maximum absolute atomic E-state index is 13.1. The zero-order valence-corrected chi connectivity index (χ0v) is 17.6. The van der Waals surface area contributed by atoms with Crippen LogP contribution in [0.1, 0.15) is 78.4 Å². The molecule has 27 heavy (non-hydrogen) atoms. The highest BCUT2D eigenvalue weighted by Gasteiger charge is 2.31. The van der Waals surface area contributed by atoms with Gasteiger partial charge in [-0.05, 0) is 47.6 Å². The fourth-order valence-corrected chi connectivity index (χ4v) is 4.81. The third kappa shape index (κ3) is 4.95. The molecule has 0 aliphatic carbocycles. The number of nitrogens with zero attached hydrogens (tertiary/aromatic N) is 1. The Morgan fingerprint density at radius 2 is 1.78 bits per heavy atom. The normalized spacial score (nSPS) is 16.9. The number of carbonyl (C=O) groups is 1. The van der Waals surface area contributed by atoms with Gasteiger partial charge in [-0.2, -0.15) is 0 Å². The molecule has 1 aliphatic rings. The Balaban J connectivity index is 1.69. The minimum absolute atomic E-state index is 0.128. The molecule has 0 radical (unpaired) electrons. The molecule has 0 saturated carbocycles. The predicted octanol–water partition coefficient (Wildman–Crippen LogP) is 6.43. The zero-order valence-electron chi connectivity index (χ0n) is 16.8. The van der Waals surface area contributed by atoms with Gasteiger partial charge in [-0.25, -0.2) is 0 Å². The lowest BCUT2D eigenvalue weighted by molar-refractivity contribution is 0.0760. The molecule has 0 bridgehead atoms. The first-order chi connectivity index (χ1) is 13.1. The Morgan fingerprint density at radius 1 is 1.07 bits per heavy atom. The molecule has 1 saturated heterocycles. The van der Waals surface area contributed by atoms with Crippen molar-refractivity contribution in [2.24, 2.45) is 0 Å². The molecule has 3 heteroatoms. The summed E-state index contributed by atoms with van der Waals surface area (Å²) in [6, 6.07) is 17.0. The number of carbonyl (C=O) groups excluding carboxylic acids is 1. The highest BCUT2D eigenvalue weighted by atomic mass is 32.2. The first-order valence-corrected chi connectivity index (χ1v) is 11.3. The lowest BCUT2D eigenvalue weighted by atomic mass is 10.0. The monoisotopic (exact) mass is 381 g/mol. The number of rotatable bonds is 7. The molecule has 2 nitrogen and oxygen atoms in total. The highest BCUT2D eigenvalue weighted by Crippen LogP contribution is 2.39. The number of thioether (sulfide) groups is 1. The molecule has 3 rings (SSSR count). The van der Waals surface area contributed by atoms with E-state index in [1.165, 1.54) is 36.0 Å². The summed E-state index contributed by atoms with van der Waals surface area (Å²) in [6.07, 6.45) is 4.83. The van der Waals surface area contributed by atoms with Gasteiger partial charge in [0.25, 0.3) is 5.91 Å². The average Bonchev–Trinajstić information content (AvgIpc) is 3.18. The summed E-state index contributed by atoms with van der Waals surface area (Å²) < 4.78 is 0. The van der Waals surface area contributed by atoms with E-state index in [1.54, 1.807) is 0 Å². The summed E-state index contributed by atoms with van der Waals surface area (Å²) in [5, 5.41) is 0.128. The van der Waals surface area contributed by atoms with Crippen molar-refractivity contribution >= 4 is 17.7 Å². The molecule has 0 aromatic heterocycles. The molecule has 1 heterocycles. The standard InChI is InChI=1S/C24H31NOS/c1-4-5-6-7-19-8-10-21(11-9-19)23(26)25-16-17-27-24(25)22-14-12-20(13-15-22)18(2)3/h8-15,18,24H,4-7,16-17H2,1-3H3/t24-/m0/s1. The number of unbranched alkanes of at least 4 members (excludes halogenated alkanes) is 2. The van der Waals surface area contributed by atoms with Gasteiger partial charge < -0.3 is 4.90 Å². The molecule has 1 aliphatic heterocycles. The van der Waals surface area contributed by atoms with Gasteiger partial charge in [-0.1, -0.05) is 70.0 Å². The zero-order chi connectivity index (χ0) is 19.2. The molecule has 0 N–H and O–H groups in total. The van der Waals surface area contributed by atoms with Crippen LogP contribution in [0.4, 0.5) is 0 Å². The van der Waals surface area contributed by atoms with Crippen molar-refractivity contribution in [3.63, 3.8) is 0 Å². The van der Waals surface area contributed by atoms with Gasteiger partial charge in [0.15, 0.2) is 0 Å². The Hall–Kier alpha value is -1.74. The van der Waals surface area contributed by atoms with E-state index < -0.39 is 0 Å². The number of amides is 1. The van der Waals surface area contributed by atoms with Gasteiger partial charge in [0.05, 0.1) is 0 Å². The molecule has 0 unspecified atom stereocenters. The molecule has 1 amide bonds. The van der Waals surface area contributed by atoms with Gasteiger partial charge in [-0.15, -0.1) is 11.8 Å². The van der Waals surface area contributed by atoms with E-state index in [4.69, 9.17) is 0 Å². The topological polar surface area (TPSA) is 20.3 Å². The van der Waals surface area contributed by atoms with Crippen LogP contribution in [0.25, 0.3) is 0 Å². The Kier molecular flexibility index (Phi) is 7.01. The van der Waals surface area contributed by atoms with E-state index in [0.29, 0.717) is 5.92 Å². The third-order valence-corrected chi connectivity index (χ3v) is 6.57. The second-order valence-corrected chi connectivity index (χ2v) is 8.89. The molecule has 144 valence electrons. The van der Waals surface area contributed by atoms with E-state index in [0.717, 1.165) is 24.3 Å². The minimum atomic E-state index is 0.128. The number of benzene rings is 2. The van der Waals surface area contributed by atoms with Crippen molar-refractivity contribution in [1.82, 2.24) is 4.90 Å². The smallest absolute Gasteiger partial charge is 0.255 e. The Morgan fingerprint density at radius 3 is 2.41 bits per heavy atom. The van der Waals surface area contributed by atoms with Crippen LogP contribution in [0.2, 0.25) is 0 Å². The SMILES string of the molecule is CCCCCc1ccc(C(=O)N2CCS[C@H]2c2ccc(C(C)C)cc2)cc1. The van der Waals surface area contributed by atoms with Crippen LogP contribution >= 0.6 is 11.8 Å². The lowest BCUT2D eigenvalue weighted by Crippen LogP contribution is -2.30. The van der Waals surface area contributed by atoms with Crippen LogP contribution in [0, 0.1) is 0 Å². The molecule has 1 fully saturated rings. The first kappa shape index (κ1) is 20.0. The second kappa shape index (κ2) is 9.45. The largest absolute Gasteiger partial charge is 0.322 e. The molecule has 0 spiro atoms. The lowest BCUT2D eigenvalue weighted by Gasteiger charge is -2.24. The average molecular weight is 382 g/mol. The van der Waals surface area contributed by atoms with Gasteiger partial charge in [0.1, 0.15) is 5.37 Å². The fraction of sp³-hybridized carbons (Fsp3) is 0.458. The summed E-state index contributed by atoms with van der Waals surface area (Å²) in [6.45, 7) is 7.46. The Bertz CT molecular complexity index is 736. The highest BCUT2D eigenvalue weighted by molar-refractivity contribution is 7.99. The second-order valence-electron chi connectivity index (χ2n) is 7.70. The molecular formula is C24H31NOS. The minimum Gasteiger partial charge on any atom is -0.322 e. The quantitative estimate of drug-likeness (QED) is 0.515. The van der Waals surface area contributed by atoms with Crippen molar-refractivity contribution in [2.45, 2.75) is 57.7 Å². The van der Waals surface area contributed by atoms with Gasteiger partial charge in [-0.3, -0.25) is 4.79 Å². The van der Waals surface area contributed by atoms with E-state index >= 15 is 0 Å². The Labute approximate surface area is 168 Å². The van der Waals surface area contributed by atoms with Gasteiger partial charge in [0, 0.05) is 17.9 Å². The molecule has 2 aromatic rings. The molecular weight excluding hydrogens is 350 g/mol. The number of hydrogen-bond acceptors (Lipinski definition) is 2. The summed E-state index contributed by atoms with van der Waals surface area (Å²) in [5.74, 6) is 1.68. The van der Waals surface area contributed by atoms with E-state index in [2.05, 4.69) is 57.2 Å². The van der Waals surface area contributed by atoms with Crippen molar-refractivity contribution in [1.29, 1.82) is 0 Å². The third-order valence-electron chi connectivity index (χ3n) is 5.31. The molecule has 1 atom stereocenters. The summed E-state index contributed by atoms with van der Waals surface area (Å²) in [7, 11) is 0. The fourth-order valence-electron chi connectivity index (χ4n) is 3.56. The predicted molar refractivity (Wildman–Crippen MR) is 116 cm³/mol. The van der Waals surface area contributed by atoms with Crippen LogP contribution in [-0.2, 0) is 6.42 Å². The van der Waals surface area contributed by atoms with Gasteiger partial charge >= 0.3 is 0 Å². The summed E-state index contributed by atoms with van der Waals surface area (Å²) in [5.41, 5.74) is 4.71. The van der Waals surface area contributed by atoms with Crippen LogP contribution in [0.3, 0.4) is 0 Å². The first-order valence-electron chi connectivity index (χ1n) is 10.2. The van der Waals surface area contributed by atoms with Crippen LogP contribution in [0.15, 0.2) is 48.5 Å². The van der Waals surface area contributed by atoms with Crippen molar-refractivity contribution in [2.75, 3.05) is 12.3 Å². The van der Waals surface area contributed by atoms with E-state index in [9.17, 15) is 4.79 Å². The number of aryl methyl sites for hydroxylation is 1. The van der Waals surface area contributed by atoms with Crippen molar-refractivity contribution < 1.29 is 4.79 Å².